The minimum atomic E-state index is -0.514. The van der Waals surface area contributed by atoms with Crippen LogP contribution in [0.5, 0.6) is 0 Å². The number of carbonyl (C=O) groups excluding carboxylic acids is 2. The van der Waals surface area contributed by atoms with Gasteiger partial charge in [-0.15, -0.1) is 12.6 Å². The number of thiol groups is 1. The maximum absolute atomic E-state index is 10.4. The van der Waals surface area contributed by atoms with Crippen LogP contribution in [0.4, 0.5) is 0 Å². The topological polar surface area (TPSA) is 72.2 Å². The van der Waals surface area contributed by atoms with Crippen molar-refractivity contribution in [2.45, 2.75) is 44.9 Å². The van der Waals surface area contributed by atoms with E-state index >= 15 is 0 Å². The molecule has 0 bridgehead atoms. The molecule has 0 aliphatic rings. The Morgan fingerprint density at radius 1 is 1.00 bits per heavy atom. The molecule has 0 saturated heterocycles. The van der Waals surface area contributed by atoms with Crippen LogP contribution >= 0.6 is 12.6 Å². The Hall–Kier alpha value is -2.63. The molecule has 5 heteroatoms. The standard InChI is InChI=1S/C21H22S.C5H9NO2.CH5N/c1-4-15(3)20-13-19(9-10-21(20)22)18-8-7-16-11-14(2)5-6-17(16)12-18;1-4(3-7)5(8)6-2;1-2/h5-13,15,22H,4H2,1-3H3;3-4H,1-2H3,(H,6,8);2H2,1H3. The Morgan fingerprint density at radius 3 is 2.12 bits per heavy atom. The normalized spacial score (nSPS) is 11.9. The van der Waals surface area contributed by atoms with Crippen molar-refractivity contribution in [2.24, 2.45) is 11.7 Å². The molecule has 32 heavy (non-hydrogen) atoms. The van der Waals surface area contributed by atoms with E-state index in [1.807, 2.05) is 0 Å². The fraction of sp³-hybridized carbons (Fsp3) is 0.333. The predicted molar refractivity (Wildman–Crippen MR) is 139 cm³/mol. The minimum Gasteiger partial charge on any atom is -0.359 e. The van der Waals surface area contributed by atoms with Gasteiger partial charge < -0.3 is 15.8 Å². The molecule has 0 aliphatic carbocycles. The number of aldehydes is 1. The van der Waals surface area contributed by atoms with Crippen LogP contribution in [0.3, 0.4) is 0 Å². The molecule has 0 heterocycles. The molecular formula is C27H36N2O2S. The Morgan fingerprint density at radius 2 is 1.56 bits per heavy atom. The van der Waals surface area contributed by atoms with Gasteiger partial charge in [0.2, 0.25) is 5.91 Å². The molecule has 3 aromatic carbocycles. The number of aryl methyl sites for hydroxylation is 1. The highest BCUT2D eigenvalue weighted by molar-refractivity contribution is 7.80. The van der Waals surface area contributed by atoms with Crippen molar-refractivity contribution in [1.82, 2.24) is 5.32 Å². The monoisotopic (exact) mass is 452 g/mol. The molecule has 4 nitrogen and oxygen atoms in total. The van der Waals surface area contributed by atoms with E-state index in [4.69, 9.17) is 0 Å². The van der Waals surface area contributed by atoms with Crippen molar-refractivity contribution in [2.75, 3.05) is 14.1 Å². The van der Waals surface area contributed by atoms with Gasteiger partial charge in [0, 0.05) is 11.9 Å². The molecule has 3 N–H and O–H groups in total. The quantitative estimate of drug-likeness (QED) is 0.262. The first kappa shape index (κ1) is 27.4. The second kappa shape index (κ2) is 13.7. The number of carbonyl (C=O) groups is 2. The van der Waals surface area contributed by atoms with E-state index in [9.17, 15) is 9.59 Å². The third-order valence-electron chi connectivity index (χ3n) is 5.36. The van der Waals surface area contributed by atoms with Crippen molar-refractivity contribution in [3.05, 3.63) is 65.7 Å². The smallest absolute Gasteiger partial charge is 0.229 e. The van der Waals surface area contributed by atoms with Crippen LogP contribution in [-0.4, -0.2) is 26.3 Å². The minimum absolute atomic E-state index is 0.236. The number of amides is 1. The summed E-state index contributed by atoms with van der Waals surface area (Å²) in [5, 5.41) is 4.94. The second-order valence-corrected chi connectivity index (χ2v) is 8.17. The van der Waals surface area contributed by atoms with Crippen LogP contribution in [0.15, 0.2) is 59.5 Å². The fourth-order valence-electron chi connectivity index (χ4n) is 3.18. The SMILES string of the molecule is CCC(C)c1cc(-c2ccc3cc(C)ccc3c2)ccc1S.CN.CNC(=O)C(C)C=O. The highest BCUT2D eigenvalue weighted by Gasteiger charge is 2.09. The maximum Gasteiger partial charge on any atom is 0.229 e. The zero-order valence-corrected chi connectivity index (χ0v) is 20.9. The summed E-state index contributed by atoms with van der Waals surface area (Å²) in [6.07, 6.45) is 1.74. The Labute approximate surface area is 198 Å². The number of hydrogen-bond donors (Lipinski definition) is 3. The van der Waals surface area contributed by atoms with Crippen LogP contribution in [0.25, 0.3) is 21.9 Å². The molecule has 2 unspecified atom stereocenters. The largest absolute Gasteiger partial charge is 0.359 e. The summed E-state index contributed by atoms with van der Waals surface area (Å²) < 4.78 is 0. The fourth-order valence-corrected chi connectivity index (χ4v) is 3.54. The lowest BCUT2D eigenvalue weighted by Gasteiger charge is -2.14. The Kier molecular flexibility index (Phi) is 11.7. The van der Waals surface area contributed by atoms with Crippen LogP contribution in [0, 0.1) is 12.8 Å². The Bertz CT molecular complexity index is 1030. The molecule has 0 aliphatic heterocycles. The summed E-state index contributed by atoms with van der Waals surface area (Å²) in [5.74, 6) is -0.212. The number of rotatable bonds is 5. The maximum atomic E-state index is 10.4. The predicted octanol–water partition coefficient (Wildman–Crippen LogP) is 5.76. The highest BCUT2D eigenvalue weighted by atomic mass is 32.1. The van der Waals surface area contributed by atoms with E-state index in [1.165, 1.54) is 47.1 Å². The summed E-state index contributed by atoms with van der Waals surface area (Å²) in [7, 11) is 3.00. The molecule has 1 amide bonds. The van der Waals surface area contributed by atoms with Gasteiger partial charge >= 0.3 is 0 Å². The first-order chi connectivity index (χ1) is 15.3. The average Bonchev–Trinajstić information content (AvgIpc) is 2.84. The molecule has 3 aromatic rings. The van der Waals surface area contributed by atoms with Gasteiger partial charge in [0.05, 0.1) is 5.92 Å². The molecule has 3 rings (SSSR count). The van der Waals surface area contributed by atoms with E-state index in [0.717, 1.165) is 11.3 Å². The number of fused-ring (bicyclic) bond motifs is 1. The van der Waals surface area contributed by atoms with Gasteiger partial charge in [-0.1, -0.05) is 55.8 Å². The molecule has 0 radical (unpaired) electrons. The third kappa shape index (κ3) is 7.50. The molecule has 0 spiro atoms. The number of nitrogens with two attached hydrogens (primary N) is 1. The third-order valence-corrected chi connectivity index (χ3v) is 5.77. The molecule has 0 saturated carbocycles. The summed E-state index contributed by atoms with van der Waals surface area (Å²) in [4.78, 5) is 21.3. The van der Waals surface area contributed by atoms with Crippen LogP contribution in [-0.2, 0) is 9.59 Å². The number of nitrogens with one attached hydrogen (secondary N) is 1. The molecule has 0 fully saturated rings. The van der Waals surface area contributed by atoms with Crippen molar-refractivity contribution in [3.63, 3.8) is 0 Å². The van der Waals surface area contributed by atoms with Crippen molar-refractivity contribution < 1.29 is 9.59 Å². The first-order valence-electron chi connectivity index (χ1n) is 10.9. The van der Waals surface area contributed by atoms with Gasteiger partial charge in [-0.2, -0.15) is 0 Å². The number of benzene rings is 3. The van der Waals surface area contributed by atoms with Crippen molar-refractivity contribution >= 4 is 35.6 Å². The Balaban J connectivity index is 0.000000436. The zero-order valence-electron chi connectivity index (χ0n) is 20.0. The van der Waals surface area contributed by atoms with Gasteiger partial charge in [-0.3, -0.25) is 4.79 Å². The van der Waals surface area contributed by atoms with Crippen LogP contribution < -0.4 is 11.1 Å². The average molecular weight is 453 g/mol. The van der Waals surface area contributed by atoms with Gasteiger partial charge in [0.25, 0.3) is 0 Å². The second-order valence-electron chi connectivity index (χ2n) is 7.69. The molecule has 0 aromatic heterocycles. The molecular weight excluding hydrogens is 416 g/mol. The lowest BCUT2D eigenvalue weighted by molar-refractivity contribution is -0.127. The molecule has 2 atom stereocenters. The van der Waals surface area contributed by atoms with E-state index in [0.29, 0.717) is 12.2 Å². The summed E-state index contributed by atoms with van der Waals surface area (Å²) in [6, 6.07) is 19.9. The first-order valence-corrected chi connectivity index (χ1v) is 11.3. The number of hydrogen-bond acceptors (Lipinski definition) is 4. The van der Waals surface area contributed by atoms with Gasteiger partial charge in [0.1, 0.15) is 6.29 Å². The lowest BCUT2D eigenvalue weighted by atomic mass is 9.93. The van der Waals surface area contributed by atoms with Gasteiger partial charge in [-0.25, -0.2) is 0 Å². The van der Waals surface area contributed by atoms with Crippen molar-refractivity contribution in [3.8, 4) is 11.1 Å². The summed E-state index contributed by atoms with van der Waals surface area (Å²) in [6.45, 7) is 8.17. The highest BCUT2D eigenvalue weighted by Crippen LogP contribution is 2.32. The van der Waals surface area contributed by atoms with Gasteiger partial charge in [-0.05, 0) is 78.9 Å². The van der Waals surface area contributed by atoms with Crippen LogP contribution in [0.1, 0.15) is 44.2 Å². The van der Waals surface area contributed by atoms with E-state index in [2.05, 4.69) is 99.0 Å². The van der Waals surface area contributed by atoms with E-state index in [1.54, 1.807) is 6.92 Å². The lowest BCUT2D eigenvalue weighted by Crippen LogP contribution is -2.25. The van der Waals surface area contributed by atoms with Gasteiger partial charge in [0.15, 0.2) is 0 Å². The van der Waals surface area contributed by atoms with Crippen LogP contribution in [0.2, 0.25) is 0 Å². The molecule has 172 valence electrons. The zero-order chi connectivity index (χ0) is 24.3. The van der Waals surface area contributed by atoms with E-state index in [-0.39, 0.29) is 5.91 Å². The van der Waals surface area contributed by atoms with Crippen molar-refractivity contribution in [1.29, 1.82) is 0 Å². The summed E-state index contributed by atoms with van der Waals surface area (Å²) in [5.41, 5.74) is 9.69. The summed E-state index contributed by atoms with van der Waals surface area (Å²) >= 11 is 4.62. The van der Waals surface area contributed by atoms with E-state index < -0.39 is 5.92 Å².